The number of benzene rings is 9. The lowest BCUT2D eigenvalue weighted by atomic mass is 9.33. The predicted molar refractivity (Wildman–Crippen MR) is 247 cm³/mol. The summed E-state index contributed by atoms with van der Waals surface area (Å²) < 4.78 is 0. The maximum absolute atomic E-state index is 10.1. The SMILES string of the molecule is N#Cc1ccc(N2c3ccccc3B3c4ccccc4N(c4cc(-c5ccccc5)cc(-c5ccccc5)c4)c4cc(-c5ccccc5)cc2c43)c(-c2ccccc2)c1. The van der Waals surface area contributed by atoms with E-state index in [9.17, 15) is 5.26 Å². The van der Waals surface area contributed by atoms with Gasteiger partial charge in [0.05, 0.1) is 17.3 Å². The van der Waals surface area contributed by atoms with Gasteiger partial charge in [-0.3, -0.25) is 0 Å². The van der Waals surface area contributed by atoms with Crippen LogP contribution in [0.1, 0.15) is 5.56 Å². The summed E-state index contributed by atoms with van der Waals surface area (Å²) in [5.74, 6) is 0. The van der Waals surface area contributed by atoms with Crippen LogP contribution in [0.4, 0.5) is 34.1 Å². The van der Waals surface area contributed by atoms with Crippen LogP contribution in [-0.2, 0) is 0 Å². The van der Waals surface area contributed by atoms with Gasteiger partial charge in [-0.05, 0) is 116 Å². The first-order valence-corrected chi connectivity index (χ1v) is 20.1. The first-order valence-electron chi connectivity index (χ1n) is 20.1. The van der Waals surface area contributed by atoms with Gasteiger partial charge in [-0.15, -0.1) is 0 Å². The predicted octanol–water partition coefficient (Wildman–Crippen LogP) is 12.3. The molecule has 9 aromatic rings. The zero-order valence-electron chi connectivity index (χ0n) is 32.2. The second-order valence-electron chi connectivity index (χ2n) is 15.2. The number of nitriles is 1. The molecule has 0 radical (unpaired) electrons. The normalized spacial score (nSPS) is 12.3. The Kier molecular flexibility index (Phi) is 8.31. The molecule has 2 aliphatic heterocycles. The highest BCUT2D eigenvalue weighted by Gasteiger charge is 2.43. The van der Waals surface area contributed by atoms with Crippen molar-refractivity contribution in [1.29, 1.82) is 5.26 Å². The standard InChI is InChI=1S/C55H36BN3/c57-37-38-29-30-50(47(31-38)42-23-11-4-12-24-42)59-52-28-16-14-26-49(52)56-48-25-13-15-27-51(48)58(53-35-45(36-54(59)55(53)56)41-21-9-3-10-22-41)46-33-43(39-17-5-1-6-18-39)32-44(34-46)40-19-7-2-8-20-40/h1-36H. The molecule has 0 spiro atoms. The molecule has 11 rings (SSSR count). The Balaban J connectivity index is 1.25. The molecule has 0 saturated heterocycles. The van der Waals surface area contributed by atoms with E-state index in [4.69, 9.17) is 0 Å². The average molecular weight is 750 g/mol. The van der Waals surface area contributed by atoms with Crippen LogP contribution in [0.25, 0.3) is 44.5 Å². The zero-order chi connectivity index (χ0) is 39.3. The molecule has 4 heteroatoms. The van der Waals surface area contributed by atoms with E-state index in [-0.39, 0.29) is 6.71 Å². The van der Waals surface area contributed by atoms with Crippen molar-refractivity contribution >= 4 is 57.2 Å². The summed E-state index contributed by atoms with van der Waals surface area (Å²) in [6, 6.07) is 80.7. The van der Waals surface area contributed by atoms with Gasteiger partial charge in [0.15, 0.2) is 0 Å². The summed E-state index contributed by atoms with van der Waals surface area (Å²) in [4.78, 5) is 4.95. The second kappa shape index (κ2) is 14.3. The fourth-order valence-electron chi connectivity index (χ4n) is 9.22. The Morgan fingerprint density at radius 1 is 0.339 bits per heavy atom. The molecule has 0 atom stereocenters. The first kappa shape index (κ1) is 34.4. The number of fused-ring (bicyclic) bond motifs is 4. The quantitative estimate of drug-likeness (QED) is 0.159. The van der Waals surface area contributed by atoms with Crippen LogP contribution >= 0.6 is 0 Å². The lowest BCUT2D eigenvalue weighted by molar-refractivity contribution is 1.25. The molecule has 9 aromatic carbocycles. The van der Waals surface area contributed by atoms with Crippen molar-refractivity contribution in [2.24, 2.45) is 0 Å². The molecule has 0 aliphatic carbocycles. The largest absolute Gasteiger partial charge is 0.311 e. The van der Waals surface area contributed by atoms with E-state index in [1.807, 2.05) is 18.2 Å². The van der Waals surface area contributed by atoms with E-state index in [2.05, 4.69) is 216 Å². The number of hydrogen-bond donors (Lipinski definition) is 0. The molecule has 0 bridgehead atoms. The average Bonchev–Trinajstić information content (AvgIpc) is 3.32. The van der Waals surface area contributed by atoms with Crippen molar-refractivity contribution in [3.05, 3.63) is 224 Å². The molecule has 0 saturated carbocycles. The summed E-state index contributed by atoms with van der Waals surface area (Å²) in [7, 11) is 0. The van der Waals surface area contributed by atoms with Gasteiger partial charge in [0, 0.05) is 34.0 Å². The lowest BCUT2D eigenvalue weighted by Crippen LogP contribution is -2.61. The molecule has 0 aromatic heterocycles. The molecule has 274 valence electrons. The third-order valence-corrected chi connectivity index (χ3v) is 11.8. The van der Waals surface area contributed by atoms with Gasteiger partial charge in [-0.2, -0.15) is 5.26 Å². The summed E-state index contributed by atoms with van der Waals surface area (Å²) in [5.41, 5.74) is 20.1. The van der Waals surface area contributed by atoms with Crippen LogP contribution in [-0.4, -0.2) is 6.71 Å². The minimum atomic E-state index is -0.0193. The Labute approximate surface area is 345 Å². The maximum atomic E-state index is 10.1. The molecule has 2 aliphatic rings. The molecule has 0 fully saturated rings. The number of nitrogens with zero attached hydrogens (tertiary/aromatic N) is 3. The van der Waals surface area contributed by atoms with Gasteiger partial charge >= 0.3 is 0 Å². The van der Waals surface area contributed by atoms with Crippen LogP contribution in [0.5, 0.6) is 0 Å². The fraction of sp³-hybridized carbons (Fsp3) is 0. The fourth-order valence-corrected chi connectivity index (χ4v) is 9.22. The maximum Gasteiger partial charge on any atom is 0.252 e. The van der Waals surface area contributed by atoms with E-state index < -0.39 is 0 Å². The molecular weight excluding hydrogens is 713 g/mol. The smallest absolute Gasteiger partial charge is 0.252 e. The number of rotatable bonds is 6. The molecule has 2 heterocycles. The third kappa shape index (κ3) is 5.83. The second-order valence-corrected chi connectivity index (χ2v) is 15.2. The molecule has 0 unspecified atom stereocenters. The Morgan fingerprint density at radius 2 is 0.780 bits per heavy atom. The lowest BCUT2D eigenvalue weighted by Gasteiger charge is -2.45. The Bertz CT molecular complexity index is 3010. The van der Waals surface area contributed by atoms with E-state index in [1.54, 1.807) is 0 Å². The highest BCUT2D eigenvalue weighted by atomic mass is 15.2. The van der Waals surface area contributed by atoms with E-state index in [0.29, 0.717) is 5.56 Å². The van der Waals surface area contributed by atoms with Crippen molar-refractivity contribution < 1.29 is 0 Å². The van der Waals surface area contributed by atoms with Crippen LogP contribution < -0.4 is 26.2 Å². The van der Waals surface area contributed by atoms with Crippen LogP contribution in [0, 0.1) is 11.3 Å². The Morgan fingerprint density at radius 3 is 1.31 bits per heavy atom. The van der Waals surface area contributed by atoms with Crippen molar-refractivity contribution in [1.82, 2.24) is 0 Å². The topological polar surface area (TPSA) is 30.3 Å². The summed E-state index contributed by atoms with van der Waals surface area (Å²) in [6.07, 6.45) is 0. The molecule has 3 nitrogen and oxygen atoms in total. The van der Waals surface area contributed by atoms with Crippen molar-refractivity contribution in [2.75, 3.05) is 9.80 Å². The van der Waals surface area contributed by atoms with Crippen LogP contribution in [0.2, 0.25) is 0 Å². The van der Waals surface area contributed by atoms with Crippen LogP contribution in [0.15, 0.2) is 218 Å². The van der Waals surface area contributed by atoms with Crippen molar-refractivity contribution in [2.45, 2.75) is 0 Å². The van der Waals surface area contributed by atoms with Gasteiger partial charge < -0.3 is 9.80 Å². The van der Waals surface area contributed by atoms with E-state index in [1.165, 1.54) is 27.5 Å². The number of anilines is 6. The third-order valence-electron chi connectivity index (χ3n) is 11.8. The zero-order valence-corrected chi connectivity index (χ0v) is 32.2. The number of para-hydroxylation sites is 2. The highest BCUT2D eigenvalue weighted by molar-refractivity contribution is 7.00. The highest BCUT2D eigenvalue weighted by Crippen LogP contribution is 2.49. The van der Waals surface area contributed by atoms with Gasteiger partial charge in [0.25, 0.3) is 6.71 Å². The van der Waals surface area contributed by atoms with E-state index >= 15 is 0 Å². The minimum absolute atomic E-state index is 0.0193. The minimum Gasteiger partial charge on any atom is -0.311 e. The molecular formula is C55H36BN3. The van der Waals surface area contributed by atoms with Crippen LogP contribution in [0.3, 0.4) is 0 Å². The van der Waals surface area contributed by atoms with Gasteiger partial charge in [0.1, 0.15) is 0 Å². The molecule has 59 heavy (non-hydrogen) atoms. The first-order chi connectivity index (χ1) is 29.2. The summed E-state index contributed by atoms with van der Waals surface area (Å²) in [5, 5.41) is 10.1. The monoisotopic (exact) mass is 749 g/mol. The Hall–Kier alpha value is -7.87. The molecule has 0 amide bonds. The number of hydrogen-bond acceptors (Lipinski definition) is 3. The summed E-state index contributed by atoms with van der Waals surface area (Å²) >= 11 is 0. The van der Waals surface area contributed by atoms with E-state index in [0.717, 1.165) is 67.5 Å². The van der Waals surface area contributed by atoms with Gasteiger partial charge in [0.2, 0.25) is 0 Å². The van der Waals surface area contributed by atoms with Crippen molar-refractivity contribution in [3.63, 3.8) is 0 Å². The summed E-state index contributed by atoms with van der Waals surface area (Å²) in [6.45, 7) is -0.0193. The molecule has 0 N–H and O–H groups in total. The van der Waals surface area contributed by atoms with Crippen molar-refractivity contribution in [3.8, 4) is 50.6 Å². The van der Waals surface area contributed by atoms with Gasteiger partial charge in [-0.1, -0.05) is 158 Å². The van der Waals surface area contributed by atoms with Gasteiger partial charge in [-0.25, -0.2) is 0 Å².